The van der Waals surface area contributed by atoms with E-state index in [-0.39, 0.29) is 11.7 Å². The second-order valence-corrected chi connectivity index (χ2v) is 8.22. The maximum atomic E-state index is 12.6. The Labute approximate surface area is 184 Å². The first-order valence-corrected chi connectivity index (χ1v) is 10.9. The SMILES string of the molecule is Cc1nn(C)c(C)c1NC(=O)CSc1nnc(-c2ccoc2C)n1Cc1ccccc1. The standard InChI is InChI=1S/C22H24N6O2S/c1-14-20(15(2)27(4)26-14)23-19(29)13-31-22-25-24-21(18-10-11-30-16(18)3)28(22)12-17-8-6-5-7-9-17/h5-11H,12-13H2,1-4H3,(H,23,29). The van der Waals surface area contributed by atoms with Crippen molar-refractivity contribution in [3.63, 3.8) is 0 Å². The molecule has 0 radical (unpaired) electrons. The van der Waals surface area contributed by atoms with E-state index in [9.17, 15) is 4.79 Å². The zero-order chi connectivity index (χ0) is 22.0. The molecule has 0 saturated carbocycles. The van der Waals surface area contributed by atoms with Crippen LogP contribution in [0.25, 0.3) is 11.4 Å². The monoisotopic (exact) mass is 436 g/mol. The summed E-state index contributed by atoms with van der Waals surface area (Å²) in [5.74, 6) is 1.60. The molecule has 0 aliphatic carbocycles. The largest absolute Gasteiger partial charge is 0.469 e. The number of rotatable bonds is 7. The maximum Gasteiger partial charge on any atom is 0.234 e. The Kier molecular flexibility index (Phi) is 5.94. The lowest BCUT2D eigenvalue weighted by Gasteiger charge is -2.10. The van der Waals surface area contributed by atoms with Crippen LogP contribution in [0.3, 0.4) is 0 Å². The normalized spacial score (nSPS) is 11.1. The average molecular weight is 437 g/mol. The molecule has 4 rings (SSSR count). The molecule has 0 unspecified atom stereocenters. The predicted octanol–water partition coefficient (Wildman–Crippen LogP) is 3.98. The van der Waals surface area contributed by atoms with E-state index < -0.39 is 0 Å². The summed E-state index contributed by atoms with van der Waals surface area (Å²) in [5.41, 5.74) is 4.48. The number of nitrogens with zero attached hydrogens (tertiary/aromatic N) is 5. The molecule has 0 saturated heterocycles. The highest BCUT2D eigenvalue weighted by Crippen LogP contribution is 2.28. The fourth-order valence-corrected chi connectivity index (χ4v) is 4.12. The number of aryl methyl sites for hydroxylation is 3. The molecule has 8 nitrogen and oxygen atoms in total. The van der Waals surface area contributed by atoms with Crippen molar-refractivity contribution in [3.05, 3.63) is 65.4 Å². The Morgan fingerprint density at radius 1 is 1.13 bits per heavy atom. The van der Waals surface area contributed by atoms with Gasteiger partial charge in [0.1, 0.15) is 5.76 Å². The van der Waals surface area contributed by atoms with Gasteiger partial charge in [-0.15, -0.1) is 10.2 Å². The van der Waals surface area contributed by atoms with Crippen molar-refractivity contribution in [2.75, 3.05) is 11.1 Å². The van der Waals surface area contributed by atoms with E-state index in [0.29, 0.717) is 11.7 Å². The predicted molar refractivity (Wildman–Crippen MR) is 120 cm³/mol. The Morgan fingerprint density at radius 2 is 1.90 bits per heavy atom. The molecule has 3 heterocycles. The minimum Gasteiger partial charge on any atom is -0.469 e. The van der Waals surface area contributed by atoms with Crippen LogP contribution >= 0.6 is 11.8 Å². The molecule has 1 amide bonds. The van der Waals surface area contributed by atoms with Crippen LogP contribution in [-0.4, -0.2) is 36.2 Å². The van der Waals surface area contributed by atoms with Crippen molar-refractivity contribution in [2.24, 2.45) is 7.05 Å². The Balaban J connectivity index is 1.55. The van der Waals surface area contributed by atoms with Gasteiger partial charge >= 0.3 is 0 Å². The molecule has 0 bridgehead atoms. The van der Waals surface area contributed by atoms with E-state index in [1.54, 1.807) is 10.9 Å². The van der Waals surface area contributed by atoms with Crippen molar-refractivity contribution in [1.29, 1.82) is 0 Å². The number of aromatic nitrogens is 5. The van der Waals surface area contributed by atoms with Gasteiger partial charge in [-0.1, -0.05) is 42.1 Å². The molecule has 0 spiro atoms. The highest BCUT2D eigenvalue weighted by molar-refractivity contribution is 7.99. The maximum absolute atomic E-state index is 12.6. The Bertz CT molecular complexity index is 1210. The number of hydrogen-bond acceptors (Lipinski definition) is 6. The number of hydrogen-bond donors (Lipinski definition) is 1. The summed E-state index contributed by atoms with van der Waals surface area (Å²) < 4.78 is 9.24. The second-order valence-electron chi connectivity index (χ2n) is 7.27. The number of carbonyl (C=O) groups is 1. The van der Waals surface area contributed by atoms with Crippen LogP contribution in [0.2, 0.25) is 0 Å². The first-order valence-electron chi connectivity index (χ1n) is 9.88. The molecular weight excluding hydrogens is 412 g/mol. The minimum absolute atomic E-state index is 0.112. The minimum atomic E-state index is -0.112. The fourth-order valence-electron chi connectivity index (χ4n) is 3.38. The van der Waals surface area contributed by atoms with E-state index in [1.165, 1.54) is 11.8 Å². The van der Waals surface area contributed by atoms with Crippen LogP contribution in [0.1, 0.15) is 22.7 Å². The van der Waals surface area contributed by atoms with E-state index in [1.807, 2.05) is 56.7 Å². The molecule has 9 heteroatoms. The van der Waals surface area contributed by atoms with Crippen LogP contribution in [0.15, 0.2) is 52.2 Å². The van der Waals surface area contributed by atoms with Gasteiger partial charge in [-0.2, -0.15) is 5.10 Å². The molecule has 3 aromatic heterocycles. The van der Waals surface area contributed by atoms with Crippen LogP contribution in [-0.2, 0) is 18.4 Å². The summed E-state index contributed by atoms with van der Waals surface area (Å²) in [7, 11) is 1.86. The van der Waals surface area contributed by atoms with Crippen LogP contribution < -0.4 is 5.32 Å². The number of furan rings is 1. The molecule has 1 N–H and O–H groups in total. The topological polar surface area (TPSA) is 90.8 Å². The molecule has 0 fully saturated rings. The highest BCUT2D eigenvalue weighted by atomic mass is 32.2. The molecule has 4 aromatic rings. The lowest BCUT2D eigenvalue weighted by Crippen LogP contribution is -2.16. The molecular formula is C22H24N6O2S. The van der Waals surface area contributed by atoms with Crippen molar-refractivity contribution >= 4 is 23.4 Å². The van der Waals surface area contributed by atoms with Crippen molar-refractivity contribution in [2.45, 2.75) is 32.5 Å². The van der Waals surface area contributed by atoms with Gasteiger partial charge in [0, 0.05) is 7.05 Å². The van der Waals surface area contributed by atoms with Crippen molar-refractivity contribution < 1.29 is 9.21 Å². The number of benzene rings is 1. The average Bonchev–Trinajstić information content (AvgIpc) is 3.41. The third kappa shape index (κ3) is 4.41. The molecule has 31 heavy (non-hydrogen) atoms. The zero-order valence-corrected chi connectivity index (χ0v) is 18.7. The van der Waals surface area contributed by atoms with Gasteiger partial charge in [0.2, 0.25) is 5.91 Å². The Hall–Kier alpha value is -3.33. The summed E-state index contributed by atoms with van der Waals surface area (Å²) in [6.07, 6.45) is 1.64. The third-order valence-corrected chi connectivity index (χ3v) is 6.07. The fraction of sp³-hybridized carbons (Fsp3) is 0.273. The zero-order valence-electron chi connectivity index (χ0n) is 17.9. The summed E-state index contributed by atoms with van der Waals surface area (Å²) in [4.78, 5) is 12.6. The number of nitrogens with one attached hydrogen (secondary N) is 1. The lowest BCUT2D eigenvalue weighted by atomic mass is 10.2. The lowest BCUT2D eigenvalue weighted by molar-refractivity contribution is -0.113. The molecule has 0 aliphatic rings. The highest BCUT2D eigenvalue weighted by Gasteiger charge is 2.19. The summed E-state index contributed by atoms with van der Waals surface area (Å²) in [6.45, 7) is 6.30. The molecule has 1 aromatic carbocycles. The van der Waals surface area contributed by atoms with Gasteiger partial charge in [-0.3, -0.25) is 14.0 Å². The number of thioether (sulfide) groups is 1. The summed E-state index contributed by atoms with van der Waals surface area (Å²) in [6, 6.07) is 12.0. The van der Waals surface area contributed by atoms with Gasteiger partial charge in [0.05, 0.1) is 41.2 Å². The smallest absolute Gasteiger partial charge is 0.234 e. The van der Waals surface area contributed by atoms with E-state index in [2.05, 4.69) is 32.7 Å². The van der Waals surface area contributed by atoms with Crippen molar-refractivity contribution in [3.8, 4) is 11.4 Å². The van der Waals surface area contributed by atoms with Gasteiger partial charge in [-0.05, 0) is 32.4 Å². The number of amides is 1. The van der Waals surface area contributed by atoms with E-state index in [0.717, 1.165) is 39.8 Å². The van der Waals surface area contributed by atoms with E-state index >= 15 is 0 Å². The van der Waals surface area contributed by atoms with Gasteiger partial charge in [-0.25, -0.2) is 0 Å². The second kappa shape index (κ2) is 8.81. The number of carbonyl (C=O) groups excluding carboxylic acids is 1. The quantitative estimate of drug-likeness (QED) is 0.441. The molecule has 0 atom stereocenters. The first-order chi connectivity index (χ1) is 14.9. The summed E-state index contributed by atoms with van der Waals surface area (Å²) in [5, 5.41) is 16.7. The van der Waals surface area contributed by atoms with Crippen molar-refractivity contribution in [1.82, 2.24) is 24.5 Å². The molecule has 0 aliphatic heterocycles. The van der Waals surface area contributed by atoms with Crippen LogP contribution in [0.5, 0.6) is 0 Å². The van der Waals surface area contributed by atoms with Gasteiger partial charge in [0.15, 0.2) is 11.0 Å². The first kappa shape index (κ1) is 20.9. The number of anilines is 1. The van der Waals surface area contributed by atoms with Gasteiger partial charge < -0.3 is 9.73 Å². The van der Waals surface area contributed by atoms with Crippen LogP contribution in [0, 0.1) is 20.8 Å². The van der Waals surface area contributed by atoms with E-state index in [4.69, 9.17) is 4.42 Å². The van der Waals surface area contributed by atoms with Gasteiger partial charge in [0.25, 0.3) is 0 Å². The third-order valence-electron chi connectivity index (χ3n) is 5.11. The Morgan fingerprint density at radius 3 is 2.55 bits per heavy atom. The summed E-state index contributed by atoms with van der Waals surface area (Å²) >= 11 is 1.36. The molecule has 160 valence electrons. The van der Waals surface area contributed by atoms with Crippen LogP contribution in [0.4, 0.5) is 5.69 Å².